The fourth-order valence-corrected chi connectivity index (χ4v) is 3.10. The van der Waals surface area contributed by atoms with Crippen LogP contribution < -0.4 is 5.32 Å². The van der Waals surface area contributed by atoms with Crippen LogP contribution >= 0.6 is 12.4 Å². The first-order chi connectivity index (χ1) is 7.92. The van der Waals surface area contributed by atoms with Crippen LogP contribution in [0.1, 0.15) is 25.7 Å². The molecule has 0 radical (unpaired) electrons. The quantitative estimate of drug-likeness (QED) is 0.833. The summed E-state index contributed by atoms with van der Waals surface area (Å²) >= 11 is 0. The number of hydrogen-bond acceptors (Lipinski definition) is 3. The van der Waals surface area contributed by atoms with Crippen LogP contribution in [-0.2, 0) is 4.74 Å². The van der Waals surface area contributed by atoms with Crippen molar-refractivity contribution in [1.82, 2.24) is 10.2 Å². The molecule has 4 heteroatoms. The molecule has 0 amide bonds. The number of piperidine rings is 1. The summed E-state index contributed by atoms with van der Waals surface area (Å²) in [4.78, 5) is 2.64. The zero-order valence-corrected chi connectivity index (χ0v) is 11.4. The van der Waals surface area contributed by atoms with Gasteiger partial charge in [-0.05, 0) is 50.6 Å². The zero-order chi connectivity index (χ0) is 10.8. The topological polar surface area (TPSA) is 24.5 Å². The SMILES string of the molecule is C1CNCC(CN2CCOC(C3CC3)C2)C1.Cl. The summed E-state index contributed by atoms with van der Waals surface area (Å²) in [6.07, 6.45) is 6.15. The number of nitrogens with zero attached hydrogens (tertiary/aromatic N) is 1. The van der Waals surface area contributed by atoms with Crippen LogP contribution in [0.3, 0.4) is 0 Å². The maximum Gasteiger partial charge on any atom is 0.0730 e. The van der Waals surface area contributed by atoms with Crippen molar-refractivity contribution in [3.63, 3.8) is 0 Å². The Hall–Kier alpha value is 0.170. The van der Waals surface area contributed by atoms with Gasteiger partial charge in [-0.2, -0.15) is 0 Å². The molecular weight excluding hydrogens is 236 g/mol. The van der Waals surface area contributed by atoms with Crippen LogP contribution in [0.25, 0.3) is 0 Å². The van der Waals surface area contributed by atoms with Gasteiger partial charge in [0.05, 0.1) is 12.7 Å². The molecule has 3 fully saturated rings. The second-order valence-electron chi connectivity index (χ2n) is 5.72. The van der Waals surface area contributed by atoms with Crippen molar-refractivity contribution < 1.29 is 4.74 Å². The second-order valence-corrected chi connectivity index (χ2v) is 5.72. The molecule has 2 atom stereocenters. The van der Waals surface area contributed by atoms with Crippen molar-refractivity contribution in [2.45, 2.75) is 31.8 Å². The van der Waals surface area contributed by atoms with E-state index in [1.54, 1.807) is 0 Å². The molecule has 3 aliphatic rings. The Balaban J connectivity index is 0.00000108. The van der Waals surface area contributed by atoms with E-state index in [-0.39, 0.29) is 12.4 Å². The lowest BCUT2D eigenvalue weighted by atomic mass is 9.98. The Labute approximate surface area is 111 Å². The molecule has 0 spiro atoms. The summed E-state index contributed by atoms with van der Waals surface area (Å²) in [7, 11) is 0. The maximum atomic E-state index is 5.86. The lowest BCUT2D eigenvalue weighted by Crippen LogP contribution is -2.47. The summed E-state index contributed by atoms with van der Waals surface area (Å²) in [6, 6.07) is 0. The van der Waals surface area contributed by atoms with E-state index in [0.29, 0.717) is 6.10 Å². The van der Waals surface area contributed by atoms with E-state index in [4.69, 9.17) is 4.74 Å². The first-order valence-corrected chi connectivity index (χ1v) is 6.96. The molecule has 2 aliphatic heterocycles. The van der Waals surface area contributed by atoms with Gasteiger partial charge in [-0.15, -0.1) is 12.4 Å². The van der Waals surface area contributed by atoms with E-state index in [1.807, 2.05) is 0 Å². The number of morpholine rings is 1. The van der Waals surface area contributed by atoms with Gasteiger partial charge >= 0.3 is 0 Å². The van der Waals surface area contributed by atoms with Crippen molar-refractivity contribution in [3.05, 3.63) is 0 Å². The fraction of sp³-hybridized carbons (Fsp3) is 1.00. The van der Waals surface area contributed by atoms with Gasteiger partial charge in [-0.1, -0.05) is 0 Å². The Bertz CT molecular complexity index is 229. The first kappa shape index (κ1) is 13.6. The number of nitrogens with one attached hydrogen (secondary N) is 1. The van der Waals surface area contributed by atoms with E-state index in [2.05, 4.69) is 10.2 Å². The number of halogens is 1. The van der Waals surface area contributed by atoms with E-state index in [1.165, 1.54) is 51.9 Å². The third-order valence-electron chi connectivity index (χ3n) is 4.24. The van der Waals surface area contributed by atoms with E-state index >= 15 is 0 Å². The predicted molar refractivity (Wildman–Crippen MR) is 71.7 cm³/mol. The predicted octanol–water partition coefficient (Wildman–Crippen LogP) is 1.52. The minimum absolute atomic E-state index is 0. The average molecular weight is 261 g/mol. The summed E-state index contributed by atoms with van der Waals surface area (Å²) in [5.41, 5.74) is 0. The van der Waals surface area contributed by atoms with Crippen molar-refractivity contribution in [2.24, 2.45) is 11.8 Å². The molecule has 1 saturated carbocycles. The van der Waals surface area contributed by atoms with Gasteiger partial charge in [-0.25, -0.2) is 0 Å². The molecule has 17 heavy (non-hydrogen) atoms. The van der Waals surface area contributed by atoms with Gasteiger partial charge in [0, 0.05) is 19.6 Å². The van der Waals surface area contributed by atoms with Crippen molar-refractivity contribution >= 4 is 12.4 Å². The van der Waals surface area contributed by atoms with Gasteiger partial charge in [0.15, 0.2) is 0 Å². The molecular formula is C13H25ClN2O. The molecule has 3 rings (SSSR count). The number of hydrogen-bond donors (Lipinski definition) is 1. The normalized spacial score (nSPS) is 35.3. The molecule has 1 aliphatic carbocycles. The van der Waals surface area contributed by atoms with Crippen LogP contribution in [0, 0.1) is 11.8 Å². The van der Waals surface area contributed by atoms with Crippen molar-refractivity contribution in [2.75, 3.05) is 39.3 Å². The highest BCUT2D eigenvalue weighted by molar-refractivity contribution is 5.85. The highest BCUT2D eigenvalue weighted by Gasteiger charge is 2.35. The van der Waals surface area contributed by atoms with Gasteiger partial charge < -0.3 is 10.1 Å². The van der Waals surface area contributed by atoms with Gasteiger partial charge in [0.1, 0.15) is 0 Å². The lowest BCUT2D eigenvalue weighted by molar-refractivity contribution is -0.0439. The smallest absolute Gasteiger partial charge is 0.0730 e. The summed E-state index contributed by atoms with van der Waals surface area (Å²) in [5.74, 6) is 1.78. The highest BCUT2D eigenvalue weighted by Crippen LogP contribution is 2.35. The van der Waals surface area contributed by atoms with Crippen LogP contribution in [0.15, 0.2) is 0 Å². The Morgan fingerprint density at radius 2 is 2.12 bits per heavy atom. The highest BCUT2D eigenvalue weighted by atomic mass is 35.5. The molecule has 0 aromatic rings. The summed E-state index contributed by atoms with van der Waals surface area (Å²) in [5, 5.41) is 3.51. The molecule has 3 nitrogen and oxygen atoms in total. The van der Waals surface area contributed by atoms with E-state index < -0.39 is 0 Å². The zero-order valence-electron chi connectivity index (χ0n) is 10.6. The van der Waals surface area contributed by atoms with E-state index in [0.717, 1.165) is 25.0 Å². The monoisotopic (exact) mass is 260 g/mol. The molecule has 0 aromatic carbocycles. The van der Waals surface area contributed by atoms with Crippen LogP contribution in [0.4, 0.5) is 0 Å². The first-order valence-electron chi connectivity index (χ1n) is 6.96. The molecule has 0 aromatic heterocycles. The van der Waals surface area contributed by atoms with Crippen molar-refractivity contribution in [3.8, 4) is 0 Å². The third-order valence-corrected chi connectivity index (χ3v) is 4.24. The lowest BCUT2D eigenvalue weighted by Gasteiger charge is -2.36. The van der Waals surface area contributed by atoms with Crippen LogP contribution in [-0.4, -0.2) is 50.3 Å². The summed E-state index contributed by atoms with van der Waals surface area (Å²) < 4.78 is 5.86. The Kier molecular flexibility index (Phi) is 5.10. The van der Waals surface area contributed by atoms with Crippen LogP contribution in [0.2, 0.25) is 0 Å². The van der Waals surface area contributed by atoms with E-state index in [9.17, 15) is 0 Å². The third kappa shape index (κ3) is 3.82. The standard InChI is InChI=1S/C13H24N2O.ClH/c1-2-11(8-14-5-1)9-15-6-7-16-13(10-15)12-3-4-12;/h11-14H,1-10H2;1H. The van der Waals surface area contributed by atoms with Gasteiger partial charge in [0.2, 0.25) is 0 Å². The minimum atomic E-state index is 0. The number of rotatable bonds is 3. The Morgan fingerprint density at radius 1 is 1.24 bits per heavy atom. The van der Waals surface area contributed by atoms with Crippen LogP contribution in [0.5, 0.6) is 0 Å². The van der Waals surface area contributed by atoms with Gasteiger partial charge in [-0.3, -0.25) is 4.90 Å². The average Bonchev–Trinajstić information content (AvgIpc) is 3.15. The maximum absolute atomic E-state index is 5.86. The molecule has 0 bridgehead atoms. The molecule has 2 unspecified atom stereocenters. The minimum Gasteiger partial charge on any atom is -0.375 e. The van der Waals surface area contributed by atoms with Crippen molar-refractivity contribution in [1.29, 1.82) is 0 Å². The molecule has 100 valence electrons. The largest absolute Gasteiger partial charge is 0.375 e. The Morgan fingerprint density at radius 3 is 2.82 bits per heavy atom. The fourth-order valence-electron chi connectivity index (χ4n) is 3.10. The second kappa shape index (κ2) is 6.37. The molecule has 2 heterocycles. The van der Waals surface area contributed by atoms with Gasteiger partial charge in [0.25, 0.3) is 0 Å². The molecule has 2 saturated heterocycles. The molecule has 1 N–H and O–H groups in total. The number of ether oxygens (including phenoxy) is 1. The summed E-state index contributed by atoms with van der Waals surface area (Å²) in [6.45, 7) is 7.05.